The lowest BCUT2D eigenvalue weighted by molar-refractivity contribution is -0.122. The molecule has 0 heterocycles. The first-order valence-electron chi connectivity index (χ1n) is 6.39. The van der Waals surface area contributed by atoms with Gasteiger partial charge in [0.05, 0.1) is 6.10 Å². The van der Waals surface area contributed by atoms with Gasteiger partial charge in [-0.3, -0.25) is 4.79 Å². The molecule has 0 aliphatic heterocycles. The molecule has 3 heteroatoms. The van der Waals surface area contributed by atoms with E-state index in [-0.39, 0.29) is 18.1 Å². The predicted molar refractivity (Wildman–Crippen MR) is 67.2 cm³/mol. The number of nitrogens with one attached hydrogen (secondary N) is 1. The van der Waals surface area contributed by atoms with Crippen molar-refractivity contribution in [1.82, 2.24) is 5.32 Å². The van der Waals surface area contributed by atoms with Crippen molar-refractivity contribution in [3.05, 3.63) is 0 Å². The second-order valence-corrected chi connectivity index (χ2v) is 5.18. The van der Waals surface area contributed by atoms with Crippen LogP contribution in [-0.2, 0) is 4.79 Å². The summed E-state index contributed by atoms with van der Waals surface area (Å²) >= 11 is 0. The molecule has 0 fully saturated rings. The van der Waals surface area contributed by atoms with Crippen molar-refractivity contribution in [3.63, 3.8) is 0 Å². The van der Waals surface area contributed by atoms with Crippen molar-refractivity contribution in [2.45, 2.75) is 71.9 Å². The highest BCUT2D eigenvalue weighted by molar-refractivity contribution is 5.76. The van der Waals surface area contributed by atoms with E-state index in [1.165, 1.54) is 6.42 Å². The quantitative estimate of drug-likeness (QED) is 0.672. The first kappa shape index (κ1) is 15.4. The third-order valence-corrected chi connectivity index (χ3v) is 2.62. The lowest BCUT2D eigenvalue weighted by Gasteiger charge is -2.14. The molecule has 0 rings (SSSR count). The lowest BCUT2D eigenvalue weighted by atomic mass is 10.0. The molecule has 0 bridgehead atoms. The largest absolute Gasteiger partial charge is 0.393 e. The molecular formula is C13H27NO2. The second kappa shape index (κ2) is 8.57. The molecule has 0 aromatic carbocycles. The first-order valence-corrected chi connectivity index (χ1v) is 6.39. The number of aliphatic hydroxyl groups is 1. The minimum atomic E-state index is -0.387. The van der Waals surface area contributed by atoms with Crippen molar-refractivity contribution in [2.75, 3.05) is 0 Å². The molecule has 1 amide bonds. The molecule has 96 valence electrons. The number of aliphatic hydroxyl groups excluding tert-OH is 1. The minimum absolute atomic E-state index is 0.0537. The summed E-state index contributed by atoms with van der Waals surface area (Å²) in [6.07, 6.45) is 4.00. The standard InChI is InChI=1S/C13H27NO2/c1-10(2)6-5-7-11(3)14-13(16)9-8-12(4)15/h10-12,15H,5-9H2,1-4H3,(H,14,16). The van der Waals surface area contributed by atoms with Crippen LogP contribution in [0.5, 0.6) is 0 Å². The van der Waals surface area contributed by atoms with E-state index in [1.54, 1.807) is 6.92 Å². The molecule has 0 saturated heterocycles. The maximum Gasteiger partial charge on any atom is 0.220 e. The Labute approximate surface area is 99.6 Å². The van der Waals surface area contributed by atoms with Gasteiger partial charge >= 0.3 is 0 Å². The molecule has 0 aliphatic rings. The average molecular weight is 229 g/mol. The van der Waals surface area contributed by atoms with E-state index in [1.807, 2.05) is 6.92 Å². The zero-order chi connectivity index (χ0) is 12.6. The molecular weight excluding hydrogens is 202 g/mol. The summed E-state index contributed by atoms with van der Waals surface area (Å²) in [7, 11) is 0. The molecule has 0 saturated carbocycles. The Morgan fingerprint density at radius 2 is 1.75 bits per heavy atom. The fraction of sp³-hybridized carbons (Fsp3) is 0.923. The smallest absolute Gasteiger partial charge is 0.220 e. The predicted octanol–water partition coefficient (Wildman–Crippen LogP) is 2.48. The van der Waals surface area contributed by atoms with Crippen LogP contribution in [0.25, 0.3) is 0 Å². The van der Waals surface area contributed by atoms with Crippen molar-refractivity contribution < 1.29 is 9.90 Å². The van der Waals surface area contributed by atoms with E-state index in [9.17, 15) is 4.79 Å². The summed E-state index contributed by atoms with van der Waals surface area (Å²) in [5.74, 6) is 0.788. The minimum Gasteiger partial charge on any atom is -0.393 e. The van der Waals surface area contributed by atoms with E-state index < -0.39 is 0 Å². The summed E-state index contributed by atoms with van der Waals surface area (Å²) in [5.41, 5.74) is 0. The highest BCUT2D eigenvalue weighted by Gasteiger charge is 2.08. The monoisotopic (exact) mass is 229 g/mol. The van der Waals surface area contributed by atoms with E-state index in [0.717, 1.165) is 18.8 Å². The normalized spacial score (nSPS) is 14.9. The van der Waals surface area contributed by atoms with E-state index >= 15 is 0 Å². The summed E-state index contributed by atoms with van der Waals surface area (Å²) in [6, 6.07) is 0.250. The Bertz CT molecular complexity index is 190. The molecule has 0 aliphatic carbocycles. The van der Waals surface area contributed by atoms with Crippen molar-refractivity contribution in [3.8, 4) is 0 Å². The Morgan fingerprint density at radius 3 is 2.25 bits per heavy atom. The Morgan fingerprint density at radius 1 is 1.12 bits per heavy atom. The summed E-state index contributed by atoms with van der Waals surface area (Å²) in [4.78, 5) is 11.4. The van der Waals surface area contributed by atoms with Crippen LogP contribution < -0.4 is 5.32 Å². The van der Waals surface area contributed by atoms with Crippen LogP contribution in [0.4, 0.5) is 0 Å². The van der Waals surface area contributed by atoms with Gasteiger partial charge in [-0.15, -0.1) is 0 Å². The summed E-state index contributed by atoms with van der Waals surface area (Å²) < 4.78 is 0. The molecule has 2 unspecified atom stereocenters. The highest BCUT2D eigenvalue weighted by Crippen LogP contribution is 2.08. The van der Waals surface area contributed by atoms with Gasteiger partial charge in [-0.1, -0.05) is 26.7 Å². The Balaban J connectivity index is 3.54. The van der Waals surface area contributed by atoms with Gasteiger partial charge in [-0.05, 0) is 32.6 Å². The molecule has 0 radical (unpaired) electrons. The van der Waals surface area contributed by atoms with E-state index in [4.69, 9.17) is 5.11 Å². The third-order valence-electron chi connectivity index (χ3n) is 2.62. The van der Waals surface area contributed by atoms with Crippen LogP contribution in [0.2, 0.25) is 0 Å². The Hall–Kier alpha value is -0.570. The maximum absolute atomic E-state index is 11.4. The van der Waals surface area contributed by atoms with Crippen molar-refractivity contribution >= 4 is 5.91 Å². The fourth-order valence-corrected chi connectivity index (χ4v) is 1.59. The number of rotatable bonds is 8. The lowest BCUT2D eigenvalue weighted by Crippen LogP contribution is -2.32. The van der Waals surface area contributed by atoms with Gasteiger partial charge in [0.15, 0.2) is 0 Å². The zero-order valence-electron chi connectivity index (χ0n) is 11.1. The summed E-state index contributed by atoms with van der Waals surface area (Å²) in [6.45, 7) is 8.18. The number of amides is 1. The number of hydrogen-bond acceptors (Lipinski definition) is 2. The van der Waals surface area contributed by atoms with E-state index in [2.05, 4.69) is 19.2 Å². The highest BCUT2D eigenvalue weighted by atomic mass is 16.3. The van der Waals surface area contributed by atoms with Gasteiger partial charge in [0, 0.05) is 12.5 Å². The van der Waals surface area contributed by atoms with Crippen molar-refractivity contribution in [1.29, 1.82) is 0 Å². The SMILES string of the molecule is CC(C)CCCC(C)NC(=O)CCC(C)O. The van der Waals surface area contributed by atoms with Crippen LogP contribution >= 0.6 is 0 Å². The molecule has 0 aromatic rings. The fourth-order valence-electron chi connectivity index (χ4n) is 1.59. The van der Waals surface area contributed by atoms with Gasteiger partial charge < -0.3 is 10.4 Å². The average Bonchev–Trinajstić information content (AvgIpc) is 2.14. The molecule has 0 aromatic heterocycles. The summed E-state index contributed by atoms with van der Waals surface area (Å²) in [5, 5.41) is 12.0. The zero-order valence-corrected chi connectivity index (χ0v) is 11.1. The van der Waals surface area contributed by atoms with Crippen LogP contribution in [0.15, 0.2) is 0 Å². The molecule has 0 spiro atoms. The van der Waals surface area contributed by atoms with Crippen molar-refractivity contribution in [2.24, 2.45) is 5.92 Å². The van der Waals surface area contributed by atoms with Gasteiger partial charge in [0.1, 0.15) is 0 Å². The number of hydrogen-bond donors (Lipinski definition) is 2. The number of carbonyl (C=O) groups is 1. The van der Waals surface area contributed by atoms with Gasteiger partial charge in [-0.25, -0.2) is 0 Å². The van der Waals surface area contributed by atoms with Crippen LogP contribution in [-0.4, -0.2) is 23.2 Å². The maximum atomic E-state index is 11.4. The third kappa shape index (κ3) is 9.97. The number of carbonyl (C=O) groups excluding carboxylic acids is 1. The molecule has 2 atom stereocenters. The van der Waals surface area contributed by atoms with Crippen LogP contribution in [0.3, 0.4) is 0 Å². The first-order chi connectivity index (χ1) is 7.41. The van der Waals surface area contributed by atoms with Gasteiger partial charge in [0.2, 0.25) is 5.91 Å². The van der Waals surface area contributed by atoms with Crippen LogP contribution in [0, 0.1) is 5.92 Å². The molecule has 3 nitrogen and oxygen atoms in total. The second-order valence-electron chi connectivity index (χ2n) is 5.18. The van der Waals surface area contributed by atoms with Gasteiger partial charge in [0.25, 0.3) is 0 Å². The topological polar surface area (TPSA) is 49.3 Å². The van der Waals surface area contributed by atoms with E-state index in [0.29, 0.717) is 12.8 Å². The van der Waals surface area contributed by atoms with Crippen LogP contribution in [0.1, 0.15) is 59.8 Å². The molecule has 2 N–H and O–H groups in total. The van der Waals surface area contributed by atoms with Gasteiger partial charge in [-0.2, -0.15) is 0 Å². The Kier molecular flexibility index (Phi) is 8.26. The molecule has 16 heavy (non-hydrogen) atoms.